The summed E-state index contributed by atoms with van der Waals surface area (Å²) in [5, 5.41) is 2.87. The topological polar surface area (TPSA) is 49.4 Å². The fourth-order valence-corrected chi connectivity index (χ4v) is 2.83. The lowest BCUT2D eigenvalue weighted by atomic mass is 9.92. The smallest absolute Gasteiger partial charge is 0.246 e. The summed E-state index contributed by atoms with van der Waals surface area (Å²) in [4.78, 5) is 26.5. The second-order valence-corrected chi connectivity index (χ2v) is 6.27. The number of hydrogen-bond donors (Lipinski definition) is 1. The van der Waals surface area contributed by atoms with Gasteiger partial charge in [0.25, 0.3) is 0 Å². The molecule has 1 N–H and O–H groups in total. The summed E-state index contributed by atoms with van der Waals surface area (Å²) in [6.07, 6.45) is 1.81. The van der Waals surface area contributed by atoms with Gasteiger partial charge in [0, 0.05) is 6.04 Å². The van der Waals surface area contributed by atoms with Crippen LogP contribution in [0.15, 0.2) is 0 Å². The summed E-state index contributed by atoms with van der Waals surface area (Å²) in [5.41, 5.74) is 0. The Morgan fingerprint density at radius 2 is 1.79 bits per heavy atom. The van der Waals surface area contributed by atoms with Crippen LogP contribution in [0.3, 0.4) is 0 Å². The third kappa shape index (κ3) is 3.48. The molecule has 1 heterocycles. The van der Waals surface area contributed by atoms with Crippen LogP contribution < -0.4 is 5.32 Å². The summed E-state index contributed by atoms with van der Waals surface area (Å²) < 4.78 is 0. The van der Waals surface area contributed by atoms with Gasteiger partial charge in [0.15, 0.2) is 0 Å². The van der Waals surface area contributed by atoms with E-state index in [0.717, 1.165) is 12.8 Å². The fraction of sp³-hybridized carbons (Fsp3) is 0.867. The van der Waals surface area contributed by atoms with Crippen LogP contribution in [0, 0.1) is 11.8 Å². The van der Waals surface area contributed by atoms with Gasteiger partial charge < -0.3 is 10.2 Å². The van der Waals surface area contributed by atoms with Gasteiger partial charge in [-0.25, -0.2) is 0 Å². The molecule has 4 heteroatoms. The maximum absolute atomic E-state index is 12.6. The first kappa shape index (κ1) is 16.0. The molecule has 0 aromatic rings. The number of amides is 2. The SMILES string of the molecule is CCC(C)C1NC(=O)C(C)N(C(C)CC(C)C)C1=O. The van der Waals surface area contributed by atoms with Crippen molar-refractivity contribution in [2.75, 3.05) is 0 Å². The molecule has 0 radical (unpaired) electrons. The van der Waals surface area contributed by atoms with Crippen LogP contribution in [-0.4, -0.2) is 34.8 Å². The lowest BCUT2D eigenvalue weighted by Crippen LogP contribution is -2.66. The lowest BCUT2D eigenvalue weighted by molar-refractivity contribution is -0.152. The first-order chi connectivity index (χ1) is 8.79. The zero-order valence-electron chi connectivity index (χ0n) is 13.1. The first-order valence-electron chi connectivity index (χ1n) is 7.42. The van der Waals surface area contributed by atoms with E-state index in [1.165, 1.54) is 0 Å². The minimum absolute atomic E-state index is 0.0273. The van der Waals surface area contributed by atoms with Crippen LogP contribution in [-0.2, 0) is 9.59 Å². The van der Waals surface area contributed by atoms with Crippen molar-refractivity contribution in [1.29, 1.82) is 0 Å². The number of carbonyl (C=O) groups excluding carboxylic acids is 2. The highest BCUT2D eigenvalue weighted by atomic mass is 16.2. The van der Waals surface area contributed by atoms with Gasteiger partial charge in [-0.1, -0.05) is 34.1 Å². The fourth-order valence-electron chi connectivity index (χ4n) is 2.83. The summed E-state index contributed by atoms with van der Waals surface area (Å²) in [6.45, 7) is 12.2. The van der Waals surface area contributed by atoms with Crippen molar-refractivity contribution >= 4 is 11.8 Å². The van der Waals surface area contributed by atoms with E-state index in [1.807, 2.05) is 27.7 Å². The molecule has 1 saturated heterocycles. The Kier molecular flexibility index (Phi) is 5.39. The number of nitrogens with one attached hydrogen (secondary N) is 1. The van der Waals surface area contributed by atoms with E-state index >= 15 is 0 Å². The molecule has 0 saturated carbocycles. The van der Waals surface area contributed by atoms with Crippen molar-refractivity contribution in [2.24, 2.45) is 11.8 Å². The van der Waals surface area contributed by atoms with Crippen LogP contribution >= 0.6 is 0 Å². The average molecular weight is 268 g/mol. The molecule has 0 spiro atoms. The van der Waals surface area contributed by atoms with Gasteiger partial charge in [-0.3, -0.25) is 9.59 Å². The Labute approximate surface area is 116 Å². The third-order valence-electron chi connectivity index (χ3n) is 4.12. The van der Waals surface area contributed by atoms with E-state index in [9.17, 15) is 9.59 Å². The number of rotatable bonds is 5. The van der Waals surface area contributed by atoms with Crippen molar-refractivity contribution in [3.63, 3.8) is 0 Å². The second-order valence-electron chi connectivity index (χ2n) is 6.27. The van der Waals surface area contributed by atoms with Crippen molar-refractivity contribution < 1.29 is 9.59 Å². The molecule has 0 aromatic carbocycles. The molecule has 0 aliphatic carbocycles. The van der Waals surface area contributed by atoms with Crippen molar-refractivity contribution in [2.45, 2.75) is 72.5 Å². The highest BCUT2D eigenvalue weighted by molar-refractivity contribution is 5.97. The van der Waals surface area contributed by atoms with Gasteiger partial charge in [-0.15, -0.1) is 0 Å². The molecule has 1 aliphatic rings. The minimum atomic E-state index is -0.360. The molecule has 0 aromatic heterocycles. The van der Waals surface area contributed by atoms with Gasteiger partial charge in [0.05, 0.1) is 0 Å². The first-order valence-corrected chi connectivity index (χ1v) is 7.42. The van der Waals surface area contributed by atoms with Crippen LogP contribution in [0.5, 0.6) is 0 Å². The molecule has 1 aliphatic heterocycles. The Morgan fingerprint density at radius 3 is 2.26 bits per heavy atom. The van der Waals surface area contributed by atoms with Crippen molar-refractivity contribution in [3.8, 4) is 0 Å². The highest BCUT2D eigenvalue weighted by Gasteiger charge is 2.41. The van der Waals surface area contributed by atoms with E-state index in [0.29, 0.717) is 5.92 Å². The van der Waals surface area contributed by atoms with Crippen LogP contribution in [0.25, 0.3) is 0 Å². The Bertz CT molecular complexity index is 341. The zero-order chi connectivity index (χ0) is 14.7. The summed E-state index contributed by atoms with van der Waals surface area (Å²) in [5.74, 6) is 0.745. The highest BCUT2D eigenvalue weighted by Crippen LogP contribution is 2.22. The summed E-state index contributed by atoms with van der Waals surface area (Å²) >= 11 is 0. The monoisotopic (exact) mass is 268 g/mol. The molecular formula is C15H28N2O2. The molecule has 0 bridgehead atoms. The predicted molar refractivity (Wildman–Crippen MR) is 76.6 cm³/mol. The molecule has 4 nitrogen and oxygen atoms in total. The number of carbonyl (C=O) groups is 2. The van der Waals surface area contributed by atoms with Gasteiger partial charge in [-0.05, 0) is 32.1 Å². The Morgan fingerprint density at radius 1 is 1.21 bits per heavy atom. The van der Waals surface area contributed by atoms with Crippen LogP contribution in [0.1, 0.15) is 54.4 Å². The van der Waals surface area contributed by atoms with E-state index in [-0.39, 0.29) is 35.9 Å². The predicted octanol–water partition coefficient (Wildman–Crippen LogP) is 2.18. The Hall–Kier alpha value is -1.06. The standard InChI is InChI=1S/C15H28N2O2/c1-7-10(4)13-15(19)17(11(5)8-9(2)3)12(6)14(18)16-13/h9-13H,7-8H2,1-6H3,(H,16,18). The van der Waals surface area contributed by atoms with Crippen LogP contribution in [0.2, 0.25) is 0 Å². The minimum Gasteiger partial charge on any atom is -0.342 e. The summed E-state index contributed by atoms with van der Waals surface area (Å²) in [6, 6.07) is -0.607. The summed E-state index contributed by atoms with van der Waals surface area (Å²) in [7, 11) is 0. The van der Waals surface area contributed by atoms with E-state index in [2.05, 4.69) is 19.2 Å². The molecule has 110 valence electrons. The number of piperazine rings is 1. The largest absolute Gasteiger partial charge is 0.342 e. The maximum atomic E-state index is 12.6. The number of hydrogen-bond acceptors (Lipinski definition) is 2. The lowest BCUT2D eigenvalue weighted by Gasteiger charge is -2.43. The maximum Gasteiger partial charge on any atom is 0.246 e. The van der Waals surface area contributed by atoms with Crippen LogP contribution in [0.4, 0.5) is 0 Å². The van der Waals surface area contributed by atoms with Gasteiger partial charge in [0.1, 0.15) is 12.1 Å². The quantitative estimate of drug-likeness (QED) is 0.831. The van der Waals surface area contributed by atoms with Gasteiger partial charge in [-0.2, -0.15) is 0 Å². The van der Waals surface area contributed by atoms with Crippen molar-refractivity contribution in [3.05, 3.63) is 0 Å². The molecule has 19 heavy (non-hydrogen) atoms. The van der Waals surface area contributed by atoms with E-state index < -0.39 is 0 Å². The Balaban J connectivity index is 2.92. The average Bonchev–Trinajstić information content (AvgIpc) is 2.32. The van der Waals surface area contributed by atoms with E-state index in [4.69, 9.17) is 0 Å². The molecule has 4 unspecified atom stereocenters. The normalized spacial score (nSPS) is 27.4. The molecule has 1 fully saturated rings. The third-order valence-corrected chi connectivity index (χ3v) is 4.12. The molecule has 1 rings (SSSR count). The number of nitrogens with zero attached hydrogens (tertiary/aromatic N) is 1. The molecule has 4 atom stereocenters. The molecular weight excluding hydrogens is 240 g/mol. The van der Waals surface area contributed by atoms with Crippen molar-refractivity contribution in [1.82, 2.24) is 10.2 Å². The van der Waals surface area contributed by atoms with E-state index in [1.54, 1.807) is 4.90 Å². The van der Waals surface area contributed by atoms with Gasteiger partial charge >= 0.3 is 0 Å². The second kappa shape index (κ2) is 6.40. The van der Waals surface area contributed by atoms with Gasteiger partial charge in [0.2, 0.25) is 11.8 Å². The molecule has 2 amide bonds. The zero-order valence-corrected chi connectivity index (χ0v) is 13.1.